The monoisotopic (exact) mass is 469 g/mol. The van der Waals surface area contributed by atoms with Crippen LogP contribution >= 0.6 is 0 Å². The second-order valence-electron chi connectivity index (χ2n) is 7.79. The van der Waals surface area contributed by atoms with Crippen molar-refractivity contribution < 1.29 is 14.3 Å². The number of nitrogens with zero attached hydrogens (tertiary/aromatic N) is 6. The number of hydrogen-bond acceptors (Lipinski definition) is 6. The van der Waals surface area contributed by atoms with E-state index in [0.29, 0.717) is 22.3 Å². The zero-order valence-electron chi connectivity index (χ0n) is 18.4. The molecule has 5 rings (SSSR count). The molecule has 3 heterocycles. The summed E-state index contributed by atoms with van der Waals surface area (Å²) in [6.45, 7) is 0.0878. The quantitative estimate of drug-likeness (QED) is 0.382. The molecule has 0 aliphatic heterocycles. The van der Waals surface area contributed by atoms with E-state index in [1.165, 1.54) is 16.9 Å². The smallest absolute Gasteiger partial charge is 0.412 e. The first-order valence-corrected chi connectivity index (χ1v) is 10.7. The predicted octanol–water partition coefficient (Wildman–Crippen LogP) is 4.21. The van der Waals surface area contributed by atoms with Gasteiger partial charge in [0.25, 0.3) is 5.95 Å². The molecule has 5 aromatic rings. The van der Waals surface area contributed by atoms with Crippen LogP contribution in [0.25, 0.3) is 17.0 Å². The number of carbonyl (C=O) groups is 1. The Labute approximate surface area is 199 Å². The number of aromatic nitrogens is 5. The molecule has 1 amide bonds. The van der Waals surface area contributed by atoms with Crippen LogP contribution in [-0.2, 0) is 13.0 Å². The number of hydrogen-bond donors (Lipinski definition) is 2. The molecule has 3 N–H and O–H groups in total. The van der Waals surface area contributed by atoms with Gasteiger partial charge in [-0.1, -0.05) is 48.5 Å². The number of nitrogens with two attached hydrogens (primary N) is 1. The van der Waals surface area contributed by atoms with E-state index in [4.69, 9.17) is 5.73 Å². The SMILES string of the molecule is Nc1nc(-n2nc(Cc3ccccc3F)c3ncccc32)ncc1N(Cc1ccccc1)C(=O)O. The normalized spacial score (nSPS) is 11.0. The van der Waals surface area contributed by atoms with Crippen LogP contribution in [0, 0.1) is 5.82 Å². The lowest BCUT2D eigenvalue weighted by Gasteiger charge is -2.20. The Bertz CT molecular complexity index is 1520. The van der Waals surface area contributed by atoms with Crippen molar-refractivity contribution in [3.63, 3.8) is 0 Å². The van der Waals surface area contributed by atoms with E-state index < -0.39 is 6.09 Å². The Balaban J connectivity index is 1.52. The minimum atomic E-state index is -1.18. The molecule has 174 valence electrons. The third kappa shape index (κ3) is 4.36. The van der Waals surface area contributed by atoms with Gasteiger partial charge in [-0.25, -0.2) is 14.2 Å². The Morgan fingerprint density at radius 1 is 1.03 bits per heavy atom. The zero-order valence-corrected chi connectivity index (χ0v) is 18.4. The molecule has 0 aliphatic carbocycles. The fourth-order valence-electron chi connectivity index (χ4n) is 3.82. The molecular formula is C25H20FN7O2. The number of pyridine rings is 1. The van der Waals surface area contributed by atoms with Crippen LogP contribution in [0.15, 0.2) is 79.1 Å². The summed E-state index contributed by atoms with van der Waals surface area (Å²) in [5.41, 5.74) is 9.37. The minimum absolute atomic E-state index is 0.0171. The molecule has 0 spiro atoms. The number of nitrogen functional groups attached to an aromatic ring is 1. The highest BCUT2D eigenvalue weighted by Gasteiger charge is 2.21. The topological polar surface area (TPSA) is 123 Å². The Kier molecular flexibility index (Phi) is 5.76. The van der Waals surface area contributed by atoms with E-state index in [1.54, 1.807) is 36.5 Å². The number of amides is 1. The van der Waals surface area contributed by atoms with Crippen LogP contribution in [0.4, 0.5) is 20.7 Å². The lowest BCUT2D eigenvalue weighted by atomic mass is 10.1. The van der Waals surface area contributed by atoms with E-state index in [2.05, 4.69) is 20.1 Å². The van der Waals surface area contributed by atoms with Crippen LogP contribution in [0.1, 0.15) is 16.8 Å². The summed E-state index contributed by atoms with van der Waals surface area (Å²) in [5, 5.41) is 14.4. The zero-order chi connectivity index (χ0) is 24.4. The molecule has 9 nitrogen and oxygen atoms in total. The van der Waals surface area contributed by atoms with Crippen molar-refractivity contribution >= 4 is 28.6 Å². The lowest BCUT2D eigenvalue weighted by molar-refractivity contribution is 0.201. The van der Waals surface area contributed by atoms with Gasteiger partial charge in [-0.15, -0.1) is 0 Å². The summed E-state index contributed by atoms with van der Waals surface area (Å²) in [5.74, 6) is -0.200. The van der Waals surface area contributed by atoms with Gasteiger partial charge in [-0.2, -0.15) is 14.8 Å². The maximum Gasteiger partial charge on any atom is 0.412 e. The van der Waals surface area contributed by atoms with Crippen molar-refractivity contribution in [2.24, 2.45) is 0 Å². The molecule has 35 heavy (non-hydrogen) atoms. The van der Waals surface area contributed by atoms with Crippen LogP contribution in [0.3, 0.4) is 0 Å². The number of carboxylic acid groups (broad SMARTS) is 1. The summed E-state index contributed by atoms with van der Waals surface area (Å²) in [7, 11) is 0. The van der Waals surface area contributed by atoms with E-state index in [0.717, 1.165) is 10.5 Å². The fraction of sp³-hybridized carbons (Fsp3) is 0.0800. The summed E-state index contributed by atoms with van der Waals surface area (Å²) in [6, 6.07) is 19.2. The van der Waals surface area contributed by atoms with Gasteiger partial charge in [-0.3, -0.25) is 9.88 Å². The van der Waals surface area contributed by atoms with Gasteiger partial charge >= 0.3 is 6.09 Å². The highest BCUT2D eigenvalue weighted by molar-refractivity contribution is 5.89. The van der Waals surface area contributed by atoms with Gasteiger partial charge in [0.05, 0.1) is 24.0 Å². The average Bonchev–Trinajstić information content (AvgIpc) is 3.23. The molecule has 0 bridgehead atoms. The van der Waals surface area contributed by atoms with E-state index in [-0.39, 0.29) is 36.2 Å². The van der Waals surface area contributed by atoms with Gasteiger partial charge in [0.2, 0.25) is 0 Å². The van der Waals surface area contributed by atoms with Crippen LogP contribution in [0.5, 0.6) is 0 Å². The highest BCUT2D eigenvalue weighted by atomic mass is 19.1. The van der Waals surface area contributed by atoms with Crippen molar-refractivity contribution in [3.05, 3.63) is 102 Å². The molecule has 3 aromatic heterocycles. The highest BCUT2D eigenvalue weighted by Crippen LogP contribution is 2.26. The van der Waals surface area contributed by atoms with Crippen molar-refractivity contribution in [2.45, 2.75) is 13.0 Å². The van der Waals surface area contributed by atoms with Gasteiger partial charge < -0.3 is 10.8 Å². The first kappa shape index (κ1) is 22.0. The molecule has 0 saturated carbocycles. The summed E-state index contributed by atoms with van der Waals surface area (Å²) >= 11 is 0. The van der Waals surface area contributed by atoms with Crippen molar-refractivity contribution in [1.29, 1.82) is 0 Å². The molecule has 0 radical (unpaired) electrons. The van der Waals surface area contributed by atoms with E-state index in [1.807, 2.05) is 30.3 Å². The average molecular weight is 469 g/mol. The molecule has 0 aliphatic rings. The number of anilines is 2. The second kappa shape index (κ2) is 9.18. The maximum absolute atomic E-state index is 14.3. The summed E-state index contributed by atoms with van der Waals surface area (Å²) < 4.78 is 15.7. The van der Waals surface area contributed by atoms with Gasteiger partial charge in [0.15, 0.2) is 5.82 Å². The molecule has 0 atom stereocenters. The van der Waals surface area contributed by atoms with Crippen molar-refractivity contribution in [1.82, 2.24) is 24.7 Å². The third-order valence-electron chi connectivity index (χ3n) is 5.50. The molecule has 2 aromatic carbocycles. The van der Waals surface area contributed by atoms with E-state index in [9.17, 15) is 14.3 Å². The Hall–Kier alpha value is -4.86. The number of fused-ring (bicyclic) bond motifs is 1. The Morgan fingerprint density at radius 2 is 1.80 bits per heavy atom. The standard InChI is InChI=1S/C25H20FN7O2/c26-18-10-5-4-9-17(18)13-19-22-20(11-6-12-28-22)33(31-19)24-29-14-21(23(27)30-24)32(25(34)35)15-16-7-2-1-3-8-16/h1-12,14H,13,15H2,(H,34,35)(H2,27,29,30). The van der Waals surface area contributed by atoms with Crippen molar-refractivity contribution in [2.75, 3.05) is 10.6 Å². The third-order valence-corrected chi connectivity index (χ3v) is 5.50. The fourth-order valence-corrected chi connectivity index (χ4v) is 3.82. The summed E-state index contributed by atoms with van der Waals surface area (Å²) in [6.07, 6.45) is 2.03. The maximum atomic E-state index is 14.3. The Morgan fingerprint density at radius 3 is 2.54 bits per heavy atom. The molecule has 0 unspecified atom stereocenters. The van der Waals surface area contributed by atoms with Gasteiger partial charge in [-0.05, 0) is 29.3 Å². The lowest BCUT2D eigenvalue weighted by Crippen LogP contribution is -2.30. The second-order valence-corrected chi connectivity index (χ2v) is 7.79. The molecule has 0 saturated heterocycles. The van der Waals surface area contributed by atoms with Crippen LogP contribution in [-0.4, -0.2) is 35.9 Å². The first-order valence-electron chi connectivity index (χ1n) is 10.7. The predicted molar refractivity (Wildman–Crippen MR) is 129 cm³/mol. The van der Waals surface area contributed by atoms with E-state index >= 15 is 0 Å². The van der Waals surface area contributed by atoms with Gasteiger partial charge in [0, 0.05) is 12.6 Å². The minimum Gasteiger partial charge on any atom is -0.465 e. The van der Waals surface area contributed by atoms with Crippen molar-refractivity contribution in [3.8, 4) is 5.95 Å². The summed E-state index contributed by atoms with van der Waals surface area (Å²) in [4.78, 5) is 26.1. The van der Waals surface area contributed by atoms with Gasteiger partial charge in [0.1, 0.15) is 17.0 Å². The number of halogens is 1. The number of benzene rings is 2. The first-order chi connectivity index (χ1) is 17.0. The number of rotatable bonds is 6. The molecule has 10 heteroatoms. The van der Waals surface area contributed by atoms with Crippen LogP contribution < -0.4 is 10.6 Å². The largest absolute Gasteiger partial charge is 0.465 e. The van der Waals surface area contributed by atoms with Crippen LogP contribution in [0.2, 0.25) is 0 Å². The molecular weight excluding hydrogens is 449 g/mol. The molecule has 0 fully saturated rings.